The highest BCUT2D eigenvalue weighted by Crippen LogP contribution is 2.26. The lowest BCUT2D eigenvalue weighted by atomic mass is 10.2. The molecule has 2 heterocycles. The van der Waals surface area contributed by atoms with Crippen molar-refractivity contribution in [2.75, 3.05) is 29.1 Å². The van der Waals surface area contributed by atoms with E-state index in [1.54, 1.807) is 17.8 Å². The van der Waals surface area contributed by atoms with Crippen LogP contribution in [0.5, 0.6) is 0 Å². The molecule has 10 heteroatoms. The Morgan fingerprint density at radius 3 is 2.39 bits per heavy atom. The lowest BCUT2D eigenvalue weighted by Crippen LogP contribution is -2.23. The number of nitrogens with one attached hydrogen (secondary N) is 1. The number of hydrogen-bond donors (Lipinski definition) is 1. The summed E-state index contributed by atoms with van der Waals surface area (Å²) in [7, 11) is 1.79. The summed E-state index contributed by atoms with van der Waals surface area (Å²) in [5.74, 6) is 0.498. The van der Waals surface area contributed by atoms with Crippen molar-refractivity contribution in [2.45, 2.75) is 32.5 Å². The molecule has 0 aliphatic carbocycles. The molecule has 0 saturated heterocycles. The van der Waals surface area contributed by atoms with Crippen molar-refractivity contribution in [3.8, 4) is 17.1 Å². The average Bonchev–Trinajstić information content (AvgIpc) is 3.42. The largest absolute Gasteiger partial charge is 0.372 e. The number of hydrogen-bond acceptors (Lipinski definition) is 6. The fourth-order valence-corrected chi connectivity index (χ4v) is 5.08. The Morgan fingerprint density at radius 2 is 1.76 bits per heavy atom. The minimum Gasteiger partial charge on any atom is -0.372 e. The highest BCUT2D eigenvalue weighted by molar-refractivity contribution is 7.99. The van der Waals surface area contributed by atoms with Crippen LogP contribution in [0.1, 0.15) is 19.5 Å². The first-order chi connectivity index (χ1) is 18.4. The monoisotopic (exact) mass is 531 g/mol. The van der Waals surface area contributed by atoms with Gasteiger partial charge < -0.3 is 10.2 Å². The summed E-state index contributed by atoms with van der Waals surface area (Å²) in [6.45, 7) is 12.3. The third kappa shape index (κ3) is 5.45. The first-order valence-corrected chi connectivity index (χ1v) is 13.5. The van der Waals surface area contributed by atoms with Gasteiger partial charge in [-0.15, -0.1) is 16.8 Å². The Bertz CT molecular complexity index is 1470. The molecule has 0 atom stereocenters. The maximum Gasteiger partial charge on any atom is 0.295 e. The summed E-state index contributed by atoms with van der Waals surface area (Å²) in [5.41, 5.74) is 3.48. The molecule has 2 aromatic heterocycles. The molecular formula is C28H33N7O2S. The molecule has 9 nitrogen and oxygen atoms in total. The lowest BCUT2D eigenvalue weighted by molar-refractivity contribution is -0.113. The maximum absolute atomic E-state index is 13.1. The maximum atomic E-state index is 13.1. The second-order valence-electron chi connectivity index (χ2n) is 8.70. The van der Waals surface area contributed by atoms with Gasteiger partial charge in [0, 0.05) is 37.9 Å². The van der Waals surface area contributed by atoms with Crippen molar-refractivity contribution >= 4 is 29.0 Å². The number of rotatable bonds is 11. The molecule has 0 aliphatic heterocycles. The molecule has 4 rings (SSSR count). The number of benzene rings is 2. The van der Waals surface area contributed by atoms with Gasteiger partial charge in [-0.2, -0.15) is 0 Å². The molecule has 4 aromatic rings. The number of thioether (sulfide) groups is 1. The molecular weight excluding hydrogens is 498 g/mol. The highest BCUT2D eigenvalue weighted by atomic mass is 32.2. The van der Waals surface area contributed by atoms with E-state index in [9.17, 15) is 9.59 Å². The molecule has 0 aliphatic rings. The van der Waals surface area contributed by atoms with Crippen LogP contribution >= 0.6 is 11.8 Å². The standard InChI is InChI=1S/C28H33N7O2S/c1-6-18-34-26(21-14-16-22(17-15-21)33(7-2)8-3)30-31-28(34)38-19-24(36)29-25-20(4)32(5)35(27(25)37)23-12-10-9-11-13-23/h6,9-17H,1,7-8,18-19H2,2-5H3,(H,29,36). The van der Waals surface area contributed by atoms with Gasteiger partial charge in [0.05, 0.1) is 17.1 Å². The van der Waals surface area contributed by atoms with Crippen molar-refractivity contribution in [3.05, 3.63) is 83.3 Å². The number of carbonyl (C=O) groups excluding carboxylic acids is 1. The van der Waals surface area contributed by atoms with E-state index >= 15 is 0 Å². The van der Waals surface area contributed by atoms with E-state index in [4.69, 9.17) is 0 Å². The number of allylic oxidation sites excluding steroid dienone is 1. The highest BCUT2D eigenvalue weighted by Gasteiger charge is 2.20. The average molecular weight is 532 g/mol. The minimum absolute atomic E-state index is 0.0787. The van der Waals surface area contributed by atoms with Gasteiger partial charge in [0.15, 0.2) is 11.0 Å². The van der Waals surface area contributed by atoms with E-state index in [2.05, 4.69) is 53.0 Å². The zero-order valence-electron chi connectivity index (χ0n) is 22.2. The molecule has 0 spiro atoms. The molecule has 198 valence electrons. The number of nitrogens with zero attached hydrogens (tertiary/aromatic N) is 6. The number of aromatic nitrogens is 5. The fourth-order valence-electron chi connectivity index (χ4n) is 4.33. The zero-order chi connectivity index (χ0) is 27.2. The van der Waals surface area contributed by atoms with E-state index in [0.717, 1.165) is 30.0 Å². The van der Waals surface area contributed by atoms with Crippen LogP contribution in [0.25, 0.3) is 17.1 Å². The Labute approximate surface area is 226 Å². The van der Waals surface area contributed by atoms with Gasteiger partial charge >= 0.3 is 0 Å². The van der Waals surface area contributed by atoms with Gasteiger partial charge in [-0.1, -0.05) is 36.0 Å². The van der Waals surface area contributed by atoms with Gasteiger partial charge in [0.25, 0.3) is 5.56 Å². The van der Waals surface area contributed by atoms with Crippen LogP contribution in [0.2, 0.25) is 0 Å². The molecule has 0 saturated carbocycles. The molecule has 0 fully saturated rings. The van der Waals surface area contributed by atoms with Crippen molar-refractivity contribution in [1.29, 1.82) is 0 Å². The molecule has 0 bridgehead atoms. The Morgan fingerprint density at radius 1 is 1.08 bits per heavy atom. The van der Waals surface area contributed by atoms with E-state index in [1.807, 2.05) is 54.0 Å². The van der Waals surface area contributed by atoms with E-state index in [-0.39, 0.29) is 22.9 Å². The molecule has 0 radical (unpaired) electrons. The topological polar surface area (TPSA) is 90.0 Å². The van der Waals surface area contributed by atoms with E-state index in [1.165, 1.54) is 16.4 Å². The zero-order valence-corrected chi connectivity index (χ0v) is 23.0. The molecule has 1 N–H and O–H groups in total. The second-order valence-corrected chi connectivity index (χ2v) is 9.64. The van der Waals surface area contributed by atoms with E-state index in [0.29, 0.717) is 23.2 Å². The van der Waals surface area contributed by atoms with Gasteiger partial charge in [-0.05, 0) is 57.2 Å². The second kappa shape index (κ2) is 12.0. The van der Waals surface area contributed by atoms with Crippen LogP contribution in [0.15, 0.2) is 77.2 Å². The van der Waals surface area contributed by atoms with Gasteiger partial charge in [-0.25, -0.2) is 4.68 Å². The predicted molar refractivity (Wildman–Crippen MR) is 154 cm³/mol. The number of para-hydroxylation sites is 1. The number of carbonyl (C=O) groups is 1. The first kappa shape index (κ1) is 27.0. The third-order valence-corrected chi connectivity index (χ3v) is 7.40. The Hall–Kier alpha value is -4.05. The van der Waals surface area contributed by atoms with Gasteiger partial charge in [0.2, 0.25) is 5.91 Å². The lowest BCUT2D eigenvalue weighted by Gasteiger charge is -2.21. The predicted octanol–water partition coefficient (Wildman–Crippen LogP) is 4.51. The van der Waals surface area contributed by atoms with Crippen LogP contribution < -0.4 is 15.8 Å². The molecule has 38 heavy (non-hydrogen) atoms. The normalized spacial score (nSPS) is 10.9. The van der Waals surface area contributed by atoms with Crippen molar-refractivity contribution in [3.63, 3.8) is 0 Å². The van der Waals surface area contributed by atoms with Crippen molar-refractivity contribution in [2.24, 2.45) is 7.05 Å². The fraction of sp³-hybridized carbons (Fsp3) is 0.286. The molecule has 0 unspecified atom stereocenters. The van der Waals surface area contributed by atoms with Crippen molar-refractivity contribution in [1.82, 2.24) is 24.1 Å². The van der Waals surface area contributed by atoms with Crippen LogP contribution in [-0.2, 0) is 18.4 Å². The van der Waals surface area contributed by atoms with Crippen LogP contribution in [0, 0.1) is 6.92 Å². The summed E-state index contributed by atoms with van der Waals surface area (Å²) in [6.07, 6.45) is 1.78. The van der Waals surface area contributed by atoms with Crippen LogP contribution in [-0.4, -0.2) is 48.9 Å². The Kier molecular flexibility index (Phi) is 8.52. The van der Waals surface area contributed by atoms with E-state index < -0.39 is 0 Å². The third-order valence-electron chi connectivity index (χ3n) is 6.43. The molecule has 1 amide bonds. The van der Waals surface area contributed by atoms with Crippen molar-refractivity contribution < 1.29 is 4.79 Å². The first-order valence-electron chi connectivity index (χ1n) is 12.6. The number of anilines is 2. The summed E-state index contributed by atoms with van der Waals surface area (Å²) < 4.78 is 5.21. The number of amides is 1. The van der Waals surface area contributed by atoms with Gasteiger partial charge in [0.1, 0.15) is 5.69 Å². The SMILES string of the molecule is C=CCn1c(SCC(=O)Nc2c(C)n(C)n(-c3ccccc3)c2=O)nnc1-c1ccc(N(CC)CC)cc1. The summed E-state index contributed by atoms with van der Waals surface area (Å²) in [4.78, 5) is 28.3. The smallest absolute Gasteiger partial charge is 0.295 e. The summed E-state index contributed by atoms with van der Waals surface area (Å²) in [5, 5.41) is 12.1. The van der Waals surface area contributed by atoms with Crippen LogP contribution in [0.4, 0.5) is 11.4 Å². The Balaban J connectivity index is 1.50. The quantitative estimate of drug-likeness (QED) is 0.226. The molecule has 2 aromatic carbocycles. The van der Waals surface area contributed by atoms with Crippen LogP contribution in [0.3, 0.4) is 0 Å². The summed E-state index contributed by atoms with van der Waals surface area (Å²) in [6, 6.07) is 17.6. The minimum atomic E-state index is -0.292. The summed E-state index contributed by atoms with van der Waals surface area (Å²) >= 11 is 1.27. The van der Waals surface area contributed by atoms with Gasteiger partial charge in [-0.3, -0.25) is 18.8 Å².